The molecular weight excluding hydrogens is 451 g/mol. The van der Waals surface area contributed by atoms with Crippen molar-refractivity contribution in [2.45, 2.75) is 13.3 Å². The predicted molar refractivity (Wildman–Crippen MR) is 127 cm³/mol. The quantitative estimate of drug-likeness (QED) is 0.364. The van der Waals surface area contributed by atoms with Gasteiger partial charge in [-0.05, 0) is 24.6 Å². The van der Waals surface area contributed by atoms with E-state index in [1.165, 1.54) is 6.20 Å². The maximum absolute atomic E-state index is 9.65. The predicted octanol–water partition coefficient (Wildman–Crippen LogP) is 6.55. The second-order valence-electron chi connectivity index (χ2n) is 6.65. The number of rotatable bonds is 9. The summed E-state index contributed by atoms with van der Waals surface area (Å²) in [5, 5.41) is 16.9. The van der Waals surface area contributed by atoms with Crippen molar-refractivity contribution in [2.24, 2.45) is 0 Å². The normalized spacial score (nSPS) is 10.2. The molecule has 0 bridgehead atoms. The Morgan fingerprint density at radius 2 is 1.72 bits per heavy atom. The third-order valence-corrected chi connectivity index (χ3v) is 5.08. The van der Waals surface area contributed by atoms with E-state index in [0.717, 1.165) is 12.1 Å². The Balaban J connectivity index is 1.99. The Morgan fingerprint density at radius 1 is 0.938 bits per heavy atom. The molecule has 3 rings (SSSR count). The number of halogens is 2. The molecule has 0 saturated heterocycles. The molecule has 166 valence electrons. The van der Waals surface area contributed by atoms with Crippen molar-refractivity contribution in [3.63, 3.8) is 0 Å². The SMILES string of the molecule is CCCOc1cc(Nc2c(C#N)cncc2Nc2ccc(OC)c(OC)c2)c(Cl)cc1Cl. The van der Waals surface area contributed by atoms with E-state index in [9.17, 15) is 5.26 Å². The molecule has 2 aromatic carbocycles. The lowest BCUT2D eigenvalue weighted by Gasteiger charge is -2.18. The largest absolute Gasteiger partial charge is 0.493 e. The van der Waals surface area contributed by atoms with Gasteiger partial charge in [0.25, 0.3) is 0 Å². The highest BCUT2D eigenvalue weighted by molar-refractivity contribution is 6.37. The topological polar surface area (TPSA) is 88.4 Å². The maximum atomic E-state index is 9.65. The summed E-state index contributed by atoms with van der Waals surface area (Å²) in [7, 11) is 3.13. The van der Waals surface area contributed by atoms with Crippen LogP contribution in [0.15, 0.2) is 42.7 Å². The van der Waals surface area contributed by atoms with Crippen LogP contribution in [0, 0.1) is 11.3 Å². The smallest absolute Gasteiger partial charge is 0.162 e. The summed E-state index contributed by atoms with van der Waals surface area (Å²) in [6.45, 7) is 2.52. The van der Waals surface area contributed by atoms with Gasteiger partial charge in [0.2, 0.25) is 0 Å². The van der Waals surface area contributed by atoms with Crippen molar-refractivity contribution in [1.29, 1.82) is 5.26 Å². The highest BCUT2D eigenvalue weighted by Gasteiger charge is 2.15. The molecule has 0 fully saturated rings. The fraction of sp³-hybridized carbons (Fsp3) is 0.217. The van der Waals surface area contributed by atoms with Crippen LogP contribution in [-0.4, -0.2) is 25.8 Å². The number of hydrogen-bond donors (Lipinski definition) is 2. The molecule has 1 aromatic heterocycles. The molecule has 0 aliphatic rings. The van der Waals surface area contributed by atoms with E-state index >= 15 is 0 Å². The molecule has 0 amide bonds. The number of aromatic nitrogens is 1. The molecule has 0 aliphatic carbocycles. The molecule has 2 N–H and O–H groups in total. The summed E-state index contributed by atoms with van der Waals surface area (Å²) in [6, 6.07) is 10.9. The van der Waals surface area contributed by atoms with Gasteiger partial charge in [-0.3, -0.25) is 4.98 Å². The molecule has 3 aromatic rings. The minimum atomic E-state index is 0.331. The molecule has 9 heteroatoms. The zero-order valence-corrected chi connectivity index (χ0v) is 19.3. The van der Waals surface area contributed by atoms with E-state index in [2.05, 4.69) is 21.7 Å². The molecule has 0 radical (unpaired) electrons. The Morgan fingerprint density at radius 3 is 2.41 bits per heavy atom. The summed E-state index contributed by atoms with van der Waals surface area (Å²) in [5.74, 6) is 1.67. The van der Waals surface area contributed by atoms with Gasteiger partial charge in [-0.25, -0.2) is 0 Å². The van der Waals surface area contributed by atoms with Crippen LogP contribution >= 0.6 is 23.2 Å². The van der Waals surface area contributed by atoms with Crippen molar-refractivity contribution >= 4 is 46.0 Å². The highest BCUT2D eigenvalue weighted by Crippen LogP contribution is 2.39. The van der Waals surface area contributed by atoms with Crippen molar-refractivity contribution in [1.82, 2.24) is 4.98 Å². The summed E-state index contributed by atoms with van der Waals surface area (Å²) in [6.07, 6.45) is 3.92. The number of hydrogen-bond acceptors (Lipinski definition) is 7. The number of nitrogens with one attached hydrogen (secondary N) is 2. The minimum Gasteiger partial charge on any atom is -0.493 e. The number of nitriles is 1. The van der Waals surface area contributed by atoms with Gasteiger partial charge in [0.05, 0.1) is 59.7 Å². The maximum Gasteiger partial charge on any atom is 0.162 e. The molecule has 32 heavy (non-hydrogen) atoms. The average molecular weight is 473 g/mol. The van der Waals surface area contributed by atoms with Gasteiger partial charge in [0.1, 0.15) is 11.8 Å². The molecule has 7 nitrogen and oxygen atoms in total. The molecule has 0 spiro atoms. The van der Waals surface area contributed by atoms with Gasteiger partial charge in [-0.2, -0.15) is 5.26 Å². The summed E-state index contributed by atoms with van der Waals surface area (Å²) < 4.78 is 16.3. The van der Waals surface area contributed by atoms with Gasteiger partial charge in [0.15, 0.2) is 11.5 Å². The monoisotopic (exact) mass is 472 g/mol. The first-order chi connectivity index (χ1) is 15.5. The van der Waals surface area contributed by atoms with Crippen molar-refractivity contribution < 1.29 is 14.2 Å². The Hall–Kier alpha value is -3.34. The van der Waals surface area contributed by atoms with Crippen LogP contribution in [0.5, 0.6) is 17.2 Å². The second kappa shape index (κ2) is 10.8. The third kappa shape index (κ3) is 5.28. The van der Waals surface area contributed by atoms with E-state index in [-0.39, 0.29) is 0 Å². The molecule has 0 saturated carbocycles. The fourth-order valence-corrected chi connectivity index (χ4v) is 3.41. The van der Waals surface area contributed by atoms with Gasteiger partial charge in [-0.1, -0.05) is 30.1 Å². The summed E-state index contributed by atoms with van der Waals surface area (Å²) in [4.78, 5) is 4.17. The minimum absolute atomic E-state index is 0.331. The Labute approximate surface area is 196 Å². The molecule has 0 aliphatic heterocycles. The average Bonchev–Trinajstić information content (AvgIpc) is 2.80. The highest BCUT2D eigenvalue weighted by atomic mass is 35.5. The van der Waals surface area contributed by atoms with Crippen LogP contribution in [0.1, 0.15) is 18.9 Å². The van der Waals surface area contributed by atoms with Crippen LogP contribution in [-0.2, 0) is 0 Å². The van der Waals surface area contributed by atoms with Gasteiger partial charge < -0.3 is 24.8 Å². The van der Waals surface area contributed by atoms with E-state index < -0.39 is 0 Å². The first-order valence-corrected chi connectivity index (χ1v) is 10.5. The fourth-order valence-electron chi connectivity index (χ4n) is 2.93. The van der Waals surface area contributed by atoms with Crippen LogP contribution < -0.4 is 24.8 Å². The van der Waals surface area contributed by atoms with Crippen molar-refractivity contribution in [3.8, 4) is 23.3 Å². The zero-order valence-electron chi connectivity index (χ0n) is 17.8. The van der Waals surface area contributed by atoms with Gasteiger partial charge in [0, 0.05) is 24.0 Å². The van der Waals surface area contributed by atoms with E-state index in [0.29, 0.717) is 56.5 Å². The van der Waals surface area contributed by atoms with Gasteiger partial charge >= 0.3 is 0 Å². The first-order valence-electron chi connectivity index (χ1n) is 9.76. The first kappa shape index (κ1) is 23.3. The van der Waals surface area contributed by atoms with Crippen molar-refractivity contribution in [3.05, 3.63) is 58.3 Å². The zero-order chi connectivity index (χ0) is 23.1. The van der Waals surface area contributed by atoms with E-state index in [1.54, 1.807) is 44.7 Å². The van der Waals surface area contributed by atoms with Crippen LogP contribution in [0.4, 0.5) is 22.7 Å². The van der Waals surface area contributed by atoms with Crippen molar-refractivity contribution in [2.75, 3.05) is 31.5 Å². The third-order valence-electron chi connectivity index (χ3n) is 4.47. The number of pyridine rings is 1. The number of anilines is 4. The summed E-state index contributed by atoms with van der Waals surface area (Å²) in [5.41, 5.74) is 2.66. The molecule has 0 atom stereocenters. The van der Waals surface area contributed by atoms with Crippen LogP contribution in [0.2, 0.25) is 10.0 Å². The number of benzene rings is 2. The lowest BCUT2D eigenvalue weighted by molar-refractivity contribution is 0.318. The lowest BCUT2D eigenvalue weighted by Crippen LogP contribution is -2.03. The van der Waals surface area contributed by atoms with Gasteiger partial charge in [-0.15, -0.1) is 0 Å². The van der Waals surface area contributed by atoms with E-state index in [1.807, 2.05) is 13.0 Å². The molecule has 0 unspecified atom stereocenters. The van der Waals surface area contributed by atoms with Crippen LogP contribution in [0.25, 0.3) is 0 Å². The summed E-state index contributed by atoms with van der Waals surface area (Å²) >= 11 is 12.7. The van der Waals surface area contributed by atoms with Crippen LogP contribution in [0.3, 0.4) is 0 Å². The number of nitrogens with zero attached hydrogens (tertiary/aromatic N) is 2. The molecule has 1 heterocycles. The lowest BCUT2D eigenvalue weighted by atomic mass is 10.2. The second-order valence-corrected chi connectivity index (χ2v) is 7.47. The standard InChI is InChI=1S/C23H22Cl2N4O3/c1-4-7-32-21-10-18(16(24)9-17(21)25)29-23-14(11-26)12-27-13-19(23)28-15-5-6-20(30-2)22(8-15)31-3/h5-6,8-10,12-13,28H,4,7H2,1-3H3,(H,27,29). The van der Waals surface area contributed by atoms with E-state index in [4.69, 9.17) is 37.4 Å². The Bertz CT molecular complexity index is 1150. The number of methoxy groups -OCH3 is 2. The number of ether oxygens (including phenoxy) is 3. The molecular formula is C23H22Cl2N4O3. The Kier molecular flexibility index (Phi) is 7.87.